The molecule has 298 valence electrons. The molecule has 0 saturated carbocycles. The fraction of sp³-hybridized carbons (Fsp3) is 0.515. The van der Waals surface area contributed by atoms with E-state index in [1.54, 1.807) is 18.2 Å². The van der Waals surface area contributed by atoms with Gasteiger partial charge in [-0.3, -0.25) is 19.2 Å². The van der Waals surface area contributed by atoms with Gasteiger partial charge in [0.2, 0.25) is 23.6 Å². The molecule has 0 saturated heterocycles. The second kappa shape index (κ2) is 27.9. The molecule has 5 atom stereocenters. The van der Waals surface area contributed by atoms with Crippen LogP contribution < -0.4 is 49.9 Å². The molecule has 1 heterocycles. The molecule has 2 aromatic rings. The van der Waals surface area contributed by atoms with E-state index >= 15 is 0 Å². The lowest BCUT2D eigenvalue weighted by Crippen LogP contribution is -2.58. The molecule has 4 bridgehead atoms. The van der Waals surface area contributed by atoms with E-state index in [2.05, 4.69) is 21.3 Å². The Balaban J connectivity index is -0.00000480. The van der Waals surface area contributed by atoms with Gasteiger partial charge in [0.05, 0.1) is 6.04 Å². The highest BCUT2D eigenvalue weighted by atomic mass is 35.5. The van der Waals surface area contributed by atoms with E-state index in [4.69, 9.17) is 28.7 Å². The molecular weight excluding hydrogens is 780 g/mol. The maximum Gasteiger partial charge on any atom is 0.243 e. The summed E-state index contributed by atoms with van der Waals surface area (Å²) in [5, 5.41) is 21.6. The number of phenolic OH excluding ortho intramolecular Hbond substituents is 1. The van der Waals surface area contributed by atoms with Gasteiger partial charge in [-0.1, -0.05) is 30.3 Å². The molecule has 3 rings (SSSR count). The van der Waals surface area contributed by atoms with E-state index in [0.29, 0.717) is 37.9 Å². The van der Waals surface area contributed by atoms with E-state index in [1.807, 2.05) is 24.3 Å². The Kier molecular flexibility index (Phi) is 28.8. The quantitative estimate of drug-likeness (QED) is 0.127. The number of hydrogen-bond donors (Lipinski definition) is 10. The van der Waals surface area contributed by atoms with Crippen LogP contribution >= 0.6 is 62.0 Å². The molecule has 0 unspecified atom stereocenters. The number of carbonyl (C=O) groups excluding carboxylic acids is 4. The zero-order valence-corrected chi connectivity index (χ0v) is 33.0. The van der Waals surface area contributed by atoms with Gasteiger partial charge in [0.1, 0.15) is 23.9 Å². The van der Waals surface area contributed by atoms with E-state index in [-0.39, 0.29) is 113 Å². The van der Waals surface area contributed by atoms with Crippen LogP contribution in [-0.2, 0) is 32.0 Å². The van der Waals surface area contributed by atoms with E-state index in [9.17, 15) is 24.3 Å². The fourth-order valence-electron chi connectivity index (χ4n) is 5.42. The third kappa shape index (κ3) is 17.0. The van der Waals surface area contributed by atoms with Crippen molar-refractivity contribution in [2.45, 2.75) is 81.6 Å². The van der Waals surface area contributed by atoms with Gasteiger partial charge in [0.25, 0.3) is 0 Å². The molecule has 52 heavy (non-hydrogen) atoms. The molecule has 0 spiro atoms. The predicted octanol–water partition coefficient (Wildman–Crippen LogP) is 0.709. The van der Waals surface area contributed by atoms with Crippen molar-refractivity contribution in [3.8, 4) is 16.9 Å². The van der Waals surface area contributed by atoms with Gasteiger partial charge in [-0.15, -0.1) is 62.0 Å². The summed E-state index contributed by atoms with van der Waals surface area (Å²) in [5.74, 6) is -2.18. The molecule has 1 aliphatic rings. The average molecular weight is 836 g/mol. The van der Waals surface area contributed by atoms with Crippen LogP contribution in [0.4, 0.5) is 0 Å². The topological polar surface area (TPSA) is 267 Å². The molecule has 0 aliphatic carbocycles. The van der Waals surface area contributed by atoms with Crippen molar-refractivity contribution in [3.63, 3.8) is 0 Å². The summed E-state index contributed by atoms with van der Waals surface area (Å²) in [7, 11) is 0. The smallest absolute Gasteiger partial charge is 0.243 e. The average Bonchev–Trinajstić information content (AvgIpc) is 3.06. The molecular formula is C33H56Cl5N9O5. The third-order valence-corrected chi connectivity index (χ3v) is 8.17. The Morgan fingerprint density at radius 2 is 1.46 bits per heavy atom. The van der Waals surface area contributed by atoms with E-state index < -0.39 is 47.8 Å². The number of aromatic hydroxyl groups is 1. The standard InChI is InChI=1S/C33H51N9O5.5ClH/c34-12-2-7-24(37)19-39-31(45)26(8-3-13-35)41-33(47)28-16-20-5-1-6-21(15-20)22-10-11-29(43)23(17-22)18-25(38)30(44)40-27(9-4-14-36)32(46)42-28;;;;;/h1,5-6,10-11,15,17,24-28,43H,2-4,7-9,12-14,16,18-19,34-38H2,(H,39,45)(H,40,44)(H,41,47)(H,42,46);5*1H/t24-,25-,26-,27-,28-;;;;;/m0...../s1. The fourth-order valence-corrected chi connectivity index (χ4v) is 5.42. The summed E-state index contributed by atoms with van der Waals surface area (Å²) in [4.78, 5) is 53.9. The number of nitrogens with one attached hydrogen (secondary N) is 4. The molecule has 14 nitrogen and oxygen atoms in total. The monoisotopic (exact) mass is 833 g/mol. The van der Waals surface area contributed by atoms with Gasteiger partial charge >= 0.3 is 0 Å². The Labute approximate surface area is 336 Å². The first-order valence-electron chi connectivity index (χ1n) is 16.3. The second-order valence-electron chi connectivity index (χ2n) is 12.0. The number of fused-ring (bicyclic) bond motifs is 5. The van der Waals surface area contributed by atoms with Crippen LogP contribution in [-0.4, -0.2) is 85.1 Å². The predicted molar refractivity (Wildman–Crippen MR) is 217 cm³/mol. The number of benzene rings is 2. The minimum atomic E-state index is -1.11. The largest absolute Gasteiger partial charge is 0.508 e. The minimum absolute atomic E-state index is 0. The summed E-state index contributed by atoms with van der Waals surface area (Å²) in [6, 6.07) is 8.08. The van der Waals surface area contributed by atoms with Crippen molar-refractivity contribution in [2.75, 3.05) is 26.2 Å². The zero-order valence-electron chi connectivity index (χ0n) is 28.9. The van der Waals surface area contributed by atoms with Gasteiger partial charge in [-0.2, -0.15) is 0 Å². The van der Waals surface area contributed by atoms with Crippen molar-refractivity contribution in [2.24, 2.45) is 28.7 Å². The summed E-state index contributed by atoms with van der Waals surface area (Å²) in [6.45, 7) is 1.29. The molecule has 4 amide bonds. The van der Waals surface area contributed by atoms with Crippen LogP contribution in [0.1, 0.15) is 49.7 Å². The molecule has 1 aliphatic heterocycles. The molecule has 0 fully saturated rings. The van der Waals surface area contributed by atoms with Gasteiger partial charge in [0.15, 0.2) is 0 Å². The maximum atomic E-state index is 13.9. The van der Waals surface area contributed by atoms with Gasteiger partial charge in [-0.05, 0) is 92.5 Å². The van der Waals surface area contributed by atoms with Crippen LogP contribution in [0.15, 0.2) is 42.5 Å². The molecule has 2 aromatic carbocycles. The summed E-state index contributed by atoms with van der Waals surface area (Å²) >= 11 is 0. The lowest BCUT2D eigenvalue weighted by Gasteiger charge is -2.26. The third-order valence-electron chi connectivity index (χ3n) is 8.17. The number of phenols is 1. The lowest BCUT2D eigenvalue weighted by molar-refractivity contribution is -0.134. The Morgan fingerprint density at radius 1 is 0.827 bits per heavy atom. The molecule has 15 N–H and O–H groups in total. The summed E-state index contributed by atoms with van der Waals surface area (Å²) in [6.07, 6.45) is 2.86. The normalized spacial score (nSPS) is 17.8. The van der Waals surface area contributed by atoms with Crippen LogP contribution in [0.3, 0.4) is 0 Å². The highest BCUT2D eigenvalue weighted by Gasteiger charge is 2.31. The highest BCUT2D eigenvalue weighted by molar-refractivity contribution is 5.95. The Bertz CT molecular complexity index is 1380. The SMILES string of the molecule is Cl.Cl.Cl.Cl.Cl.NCCC[C@H](N)CNC(=O)[C@H](CCCN)NC(=O)[C@@H]1Cc2cccc(c2)-c2ccc(O)c(c2)C[C@H](N)C(=O)N[C@@H](CCCN)C(=O)N1. The Morgan fingerprint density at radius 3 is 2.12 bits per heavy atom. The summed E-state index contributed by atoms with van der Waals surface area (Å²) in [5.41, 5.74) is 32.1. The number of hydrogen-bond acceptors (Lipinski definition) is 10. The van der Waals surface area contributed by atoms with Crippen molar-refractivity contribution >= 4 is 85.7 Å². The van der Waals surface area contributed by atoms with Crippen molar-refractivity contribution in [3.05, 3.63) is 53.6 Å². The molecule has 0 radical (unpaired) electrons. The van der Waals surface area contributed by atoms with Crippen LogP contribution in [0.2, 0.25) is 0 Å². The van der Waals surface area contributed by atoms with Crippen LogP contribution in [0, 0.1) is 0 Å². The Hall–Kier alpha value is -2.63. The first kappa shape index (κ1) is 53.7. The number of rotatable bonds is 14. The number of carbonyl (C=O) groups is 4. The minimum Gasteiger partial charge on any atom is -0.508 e. The maximum absolute atomic E-state index is 13.9. The van der Waals surface area contributed by atoms with Crippen LogP contribution in [0.5, 0.6) is 5.75 Å². The number of halogens is 5. The molecule has 0 aromatic heterocycles. The first-order chi connectivity index (χ1) is 22.6. The van der Waals surface area contributed by atoms with Crippen molar-refractivity contribution in [1.82, 2.24) is 21.3 Å². The highest BCUT2D eigenvalue weighted by Crippen LogP contribution is 2.28. The van der Waals surface area contributed by atoms with Crippen molar-refractivity contribution < 1.29 is 24.3 Å². The van der Waals surface area contributed by atoms with E-state index in [1.165, 1.54) is 0 Å². The van der Waals surface area contributed by atoms with Gasteiger partial charge < -0.3 is 55.0 Å². The van der Waals surface area contributed by atoms with E-state index in [0.717, 1.165) is 23.1 Å². The summed E-state index contributed by atoms with van der Waals surface area (Å²) < 4.78 is 0. The molecule has 19 heteroatoms. The van der Waals surface area contributed by atoms with Gasteiger partial charge in [0, 0.05) is 25.4 Å². The number of amides is 4. The van der Waals surface area contributed by atoms with Crippen LogP contribution in [0.25, 0.3) is 11.1 Å². The second-order valence-corrected chi connectivity index (χ2v) is 12.0. The van der Waals surface area contributed by atoms with Gasteiger partial charge in [-0.25, -0.2) is 0 Å². The number of nitrogens with two attached hydrogens (primary N) is 5. The van der Waals surface area contributed by atoms with Crippen molar-refractivity contribution in [1.29, 1.82) is 0 Å². The zero-order chi connectivity index (χ0) is 34.3. The lowest BCUT2D eigenvalue weighted by atomic mass is 9.96. The first-order valence-corrected chi connectivity index (χ1v) is 16.3.